The molecule has 0 amide bonds. The minimum absolute atomic E-state index is 0.503. The maximum atomic E-state index is 5.40. The Hall–Kier alpha value is -1.23. The number of aromatic nitrogens is 3. The second-order valence-corrected chi connectivity index (χ2v) is 5.74. The van der Waals surface area contributed by atoms with E-state index in [4.69, 9.17) is 4.74 Å². The summed E-state index contributed by atoms with van der Waals surface area (Å²) in [6.45, 7) is 2.59. The zero-order valence-corrected chi connectivity index (χ0v) is 11.3. The van der Waals surface area contributed by atoms with Crippen molar-refractivity contribution in [1.82, 2.24) is 15.0 Å². The summed E-state index contributed by atoms with van der Waals surface area (Å²) in [5.41, 5.74) is 1.77. The zero-order chi connectivity index (χ0) is 12.4. The van der Waals surface area contributed by atoms with Crippen LogP contribution < -0.4 is 4.74 Å². The van der Waals surface area contributed by atoms with Crippen LogP contribution in [-0.2, 0) is 0 Å². The summed E-state index contributed by atoms with van der Waals surface area (Å²) < 4.78 is 5.40. The third kappa shape index (κ3) is 2.32. The molecule has 3 rings (SSSR count). The number of H-pyrrole nitrogens is 1. The van der Waals surface area contributed by atoms with Crippen molar-refractivity contribution >= 4 is 22.9 Å². The lowest BCUT2D eigenvalue weighted by atomic mass is 10.2. The second-order valence-electron chi connectivity index (χ2n) is 4.43. The number of fused-ring (bicyclic) bond motifs is 1. The van der Waals surface area contributed by atoms with Gasteiger partial charge in [0.05, 0.1) is 17.4 Å². The molecule has 1 aliphatic rings. The van der Waals surface area contributed by atoms with Crippen molar-refractivity contribution in [3.8, 4) is 5.88 Å². The van der Waals surface area contributed by atoms with Crippen LogP contribution in [0, 0.1) is 0 Å². The molecule has 0 aromatic carbocycles. The summed E-state index contributed by atoms with van der Waals surface area (Å²) in [6, 6.07) is 3.89. The molecule has 2 aromatic heterocycles. The Morgan fingerprint density at radius 1 is 1.39 bits per heavy atom. The van der Waals surface area contributed by atoms with E-state index in [1.54, 1.807) is 0 Å². The highest BCUT2D eigenvalue weighted by Crippen LogP contribution is 2.37. The van der Waals surface area contributed by atoms with Gasteiger partial charge in [0.25, 0.3) is 0 Å². The van der Waals surface area contributed by atoms with Gasteiger partial charge < -0.3 is 9.72 Å². The van der Waals surface area contributed by atoms with Crippen LogP contribution in [0.2, 0.25) is 0 Å². The molecular formula is C13H17N3OS. The summed E-state index contributed by atoms with van der Waals surface area (Å²) in [6.07, 6.45) is 3.84. The van der Waals surface area contributed by atoms with Gasteiger partial charge in [0.15, 0.2) is 5.65 Å². The molecule has 1 aliphatic heterocycles. The molecule has 96 valence electrons. The Morgan fingerprint density at radius 2 is 2.33 bits per heavy atom. The molecule has 0 saturated carbocycles. The molecule has 2 aromatic rings. The molecule has 1 fully saturated rings. The minimum atomic E-state index is 0.503. The van der Waals surface area contributed by atoms with E-state index in [1.165, 1.54) is 25.0 Å². The fourth-order valence-electron chi connectivity index (χ4n) is 2.23. The molecular weight excluding hydrogens is 246 g/mol. The summed E-state index contributed by atoms with van der Waals surface area (Å²) >= 11 is 1.99. The van der Waals surface area contributed by atoms with Gasteiger partial charge in [-0.2, -0.15) is 16.7 Å². The molecule has 1 atom stereocenters. The monoisotopic (exact) mass is 263 g/mol. The quantitative estimate of drug-likeness (QED) is 0.923. The number of nitrogens with zero attached hydrogens (tertiary/aromatic N) is 2. The lowest BCUT2D eigenvalue weighted by molar-refractivity contribution is 0.328. The number of thioether (sulfide) groups is 1. The Bertz CT molecular complexity index is 534. The van der Waals surface area contributed by atoms with Crippen LogP contribution in [0.25, 0.3) is 11.2 Å². The smallest absolute Gasteiger partial charge is 0.215 e. The van der Waals surface area contributed by atoms with Crippen molar-refractivity contribution in [2.75, 3.05) is 12.4 Å². The second kappa shape index (κ2) is 5.18. The number of pyridine rings is 1. The van der Waals surface area contributed by atoms with Crippen LogP contribution in [0.1, 0.15) is 37.3 Å². The van der Waals surface area contributed by atoms with Gasteiger partial charge in [-0.15, -0.1) is 0 Å². The standard InChI is InChI=1S/C13H17N3OS/c1-2-17-11-7-6-9-12(15-11)16-13(14-9)10-5-3-4-8-18-10/h6-7,10H,2-5,8H2,1H3,(H,14,15,16). The number of nitrogens with one attached hydrogen (secondary N) is 1. The van der Waals surface area contributed by atoms with E-state index < -0.39 is 0 Å². The number of imidazole rings is 1. The van der Waals surface area contributed by atoms with E-state index in [0.717, 1.165) is 17.0 Å². The largest absolute Gasteiger partial charge is 0.478 e. The number of ether oxygens (including phenoxy) is 1. The summed E-state index contributed by atoms with van der Waals surface area (Å²) in [4.78, 5) is 12.4. The highest BCUT2D eigenvalue weighted by Gasteiger charge is 2.19. The minimum Gasteiger partial charge on any atom is -0.478 e. The predicted molar refractivity (Wildman–Crippen MR) is 74.1 cm³/mol. The molecule has 3 heterocycles. The highest BCUT2D eigenvalue weighted by atomic mass is 32.2. The van der Waals surface area contributed by atoms with E-state index in [1.807, 2.05) is 30.8 Å². The van der Waals surface area contributed by atoms with Gasteiger partial charge in [-0.25, -0.2) is 4.98 Å². The van der Waals surface area contributed by atoms with Crippen molar-refractivity contribution in [1.29, 1.82) is 0 Å². The van der Waals surface area contributed by atoms with Crippen molar-refractivity contribution in [2.24, 2.45) is 0 Å². The van der Waals surface area contributed by atoms with E-state index >= 15 is 0 Å². The van der Waals surface area contributed by atoms with Crippen LogP contribution in [0.15, 0.2) is 12.1 Å². The van der Waals surface area contributed by atoms with E-state index in [0.29, 0.717) is 17.7 Å². The summed E-state index contributed by atoms with van der Waals surface area (Å²) in [7, 11) is 0. The van der Waals surface area contributed by atoms with Crippen molar-refractivity contribution in [3.05, 3.63) is 18.0 Å². The van der Waals surface area contributed by atoms with Crippen LogP contribution in [0.4, 0.5) is 0 Å². The molecule has 4 nitrogen and oxygen atoms in total. The maximum Gasteiger partial charge on any atom is 0.215 e. The zero-order valence-electron chi connectivity index (χ0n) is 10.5. The van der Waals surface area contributed by atoms with Gasteiger partial charge >= 0.3 is 0 Å². The first-order valence-electron chi connectivity index (χ1n) is 6.48. The Kier molecular flexibility index (Phi) is 3.41. The van der Waals surface area contributed by atoms with E-state index in [-0.39, 0.29) is 0 Å². The first-order valence-corrected chi connectivity index (χ1v) is 7.53. The molecule has 0 radical (unpaired) electrons. The van der Waals surface area contributed by atoms with Crippen molar-refractivity contribution < 1.29 is 4.74 Å². The van der Waals surface area contributed by atoms with Crippen LogP contribution in [0.5, 0.6) is 5.88 Å². The summed E-state index contributed by atoms with van der Waals surface area (Å²) in [5.74, 6) is 2.95. The van der Waals surface area contributed by atoms with E-state index in [9.17, 15) is 0 Å². The maximum absolute atomic E-state index is 5.40. The molecule has 0 spiro atoms. The van der Waals surface area contributed by atoms with Gasteiger partial charge in [0.2, 0.25) is 5.88 Å². The first-order chi connectivity index (χ1) is 8.86. The average molecular weight is 263 g/mol. The van der Waals surface area contributed by atoms with Crippen molar-refractivity contribution in [3.63, 3.8) is 0 Å². The third-order valence-corrected chi connectivity index (χ3v) is 4.50. The van der Waals surface area contributed by atoms with Crippen molar-refractivity contribution in [2.45, 2.75) is 31.4 Å². The molecule has 0 aliphatic carbocycles. The number of aromatic amines is 1. The first kappa shape index (κ1) is 11.8. The molecule has 1 unspecified atom stereocenters. The molecule has 0 bridgehead atoms. The molecule has 5 heteroatoms. The molecule has 1 N–H and O–H groups in total. The number of hydrogen-bond donors (Lipinski definition) is 1. The Morgan fingerprint density at radius 3 is 3.11 bits per heavy atom. The SMILES string of the molecule is CCOc1ccc2[nH]c(C3CCCCS3)nc2n1. The Labute approximate surface area is 111 Å². The van der Waals surface area contributed by atoms with Gasteiger partial charge in [-0.05, 0) is 31.6 Å². The molecule has 1 saturated heterocycles. The lowest BCUT2D eigenvalue weighted by Gasteiger charge is -2.18. The average Bonchev–Trinajstić information content (AvgIpc) is 2.83. The van der Waals surface area contributed by atoms with Gasteiger partial charge in [0.1, 0.15) is 5.82 Å². The van der Waals surface area contributed by atoms with E-state index in [2.05, 4.69) is 15.0 Å². The van der Waals surface area contributed by atoms with Crippen LogP contribution >= 0.6 is 11.8 Å². The normalized spacial score (nSPS) is 20.2. The van der Waals surface area contributed by atoms with Crippen LogP contribution in [-0.4, -0.2) is 27.3 Å². The Balaban J connectivity index is 1.89. The number of hydrogen-bond acceptors (Lipinski definition) is 4. The lowest BCUT2D eigenvalue weighted by Crippen LogP contribution is -2.03. The van der Waals surface area contributed by atoms with Gasteiger partial charge in [0, 0.05) is 6.07 Å². The number of rotatable bonds is 3. The molecule has 18 heavy (non-hydrogen) atoms. The third-order valence-electron chi connectivity index (χ3n) is 3.12. The van der Waals surface area contributed by atoms with Crippen LogP contribution in [0.3, 0.4) is 0 Å². The fraction of sp³-hybridized carbons (Fsp3) is 0.538. The topological polar surface area (TPSA) is 50.8 Å². The van der Waals surface area contributed by atoms with Gasteiger partial charge in [-0.1, -0.05) is 6.42 Å². The predicted octanol–water partition coefficient (Wildman–Crippen LogP) is 3.31. The fourth-order valence-corrected chi connectivity index (χ4v) is 3.49. The van der Waals surface area contributed by atoms with Gasteiger partial charge in [-0.3, -0.25) is 0 Å². The highest BCUT2D eigenvalue weighted by molar-refractivity contribution is 7.99. The summed E-state index contributed by atoms with van der Waals surface area (Å²) in [5, 5.41) is 0.503.